The van der Waals surface area contributed by atoms with Gasteiger partial charge in [-0.1, -0.05) is 15.9 Å². The molecule has 2 aliphatic heterocycles. The highest BCUT2D eigenvalue weighted by Gasteiger charge is 2.42. The lowest BCUT2D eigenvalue weighted by molar-refractivity contribution is 0.301. The molecule has 0 radical (unpaired) electrons. The molecule has 2 atom stereocenters. The fourth-order valence-corrected chi connectivity index (χ4v) is 3.46. The molecule has 0 aromatic rings. The minimum absolute atomic E-state index is 0.0240. The summed E-state index contributed by atoms with van der Waals surface area (Å²) in [6.45, 7) is 1.21. The zero-order valence-electron chi connectivity index (χ0n) is 7.15. The molecule has 2 heterocycles. The van der Waals surface area contributed by atoms with Crippen LogP contribution in [0.1, 0.15) is 12.8 Å². The number of hydrogen-bond donors (Lipinski definition) is 0. The molecular weight excluding hydrogens is 258 g/mol. The summed E-state index contributed by atoms with van der Waals surface area (Å²) in [6.07, 6.45) is 2.35. The maximum absolute atomic E-state index is 11.5. The molecule has 2 rings (SSSR count). The lowest BCUT2D eigenvalue weighted by atomic mass is 10.2. The molecule has 0 saturated carbocycles. The number of alkyl halides is 1. The van der Waals surface area contributed by atoms with Crippen molar-refractivity contribution in [1.29, 1.82) is 0 Å². The van der Waals surface area contributed by atoms with Gasteiger partial charge in [0.05, 0.1) is 12.2 Å². The van der Waals surface area contributed by atoms with Crippen molar-refractivity contribution in [2.75, 3.05) is 17.8 Å². The third-order valence-electron chi connectivity index (χ3n) is 2.54. The Morgan fingerprint density at radius 3 is 2.31 bits per heavy atom. The van der Waals surface area contributed by atoms with E-state index in [-0.39, 0.29) is 4.66 Å². The Hall–Kier alpha value is 0.350. The number of sulfonamides is 1. The summed E-state index contributed by atoms with van der Waals surface area (Å²) in [6, 6.07) is 0. The number of rotatable bonds is 2. The van der Waals surface area contributed by atoms with E-state index < -0.39 is 10.0 Å². The highest BCUT2D eigenvalue weighted by Crippen LogP contribution is 2.32. The van der Waals surface area contributed by atoms with E-state index in [1.165, 1.54) is 0 Å². The van der Waals surface area contributed by atoms with Crippen molar-refractivity contribution in [2.45, 2.75) is 25.0 Å². The van der Waals surface area contributed by atoms with Crippen LogP contribution >= 0.6 is 15.9 Å². The third kappa shape index (κ3) is 2.06. The molecule has 0 bridgehead atoms. The molecule has 76 valence electrons. The molecule has 6 heteroatoms. The van der Waals surface area contributed by atoms with Crippen molar-refractivity contribution in [3.63, 3.8) is 0 Å². The zero-order valence-corrected chi connectivity index (χ0v) is 9.55. The number of epoxide rings is 1. The maximum atomic E-state index is 11.5. The van der Waals surface area contributed by atoms with Crippen LogP contribution in [0.25, 0.3) is 0 Å². The second kappa shape index (κ2) is 3.49. The van der Waals surface area contributed by atoms with Gasteiger partial charge in [-0.25, -0.2) is 12.7 Å². The first-order valence-electron chi connectivity index (χ1n) is 4.33. The van der Waals surface area contributed by atoms with Gasteiger partial charge in [0.15, 0.2) is 0 Å². The molecule has 0 aliphatic carbocycles. The third-order valence-corrected chi connectivity index (χ3v) is 5.71. The van der Waals surface area contributed by atoms with Gasteiger partial charge >= 0.3 is 0 Å². The Labute approximate surface area is 86.4 Å². The number of ether oxygens (including phenoxy) is 1. The van der Waals surface area contributed by atoms with Gasteiger partial charge in [-0.2, -0.15) is 0 Å². The molecule has 4 nitrogen and oxygen atoms in total. The summed E-state index contributed by atoms with van der Waals surface area (Å²) < 4.78 is 29.8. The van der Waals surface area contributed by atoms with Gasteiger partial charge in [0, 0.05) is 13.1 Å². The normalized spacial score (nSPS) is 35.2. The zero-order chi connectivity index (χ0) is 9.47. The topological polar surface area (TPSA) is 49.9 Å². The van der Waals surface area contributed by atoms with Crippen molar-refractivity contribution in [3.05, 3.63) is 0 Å². The molecule has 0 amide bonds. The molecule has 0 spiro atoms. The molecule has 0 aromatic carbocycles. The smallest absolute Gasteiger partial charge is 0.224 e. The summed E-state index contributed by atoms with van der Waals surface area (Å²) in [7, 11) is -3.05. The lowest BCUT2D eigenvalue weighted by Crippen LogP contribution is -2.33. The largest absolute Gasteiger partial charge is 0.369 e. The first kappa shape index (κ1) is 9.89. The predicted octanol–water partition coefficient (Wildman–Crippen LogP) is 0.532. The van der Waals surface area contributed by atoms with Crippen LogP contribution in [0.3, 0.4) is 0 Å². The monoisotopic (exact) mass is 269 g/mol. The van der Waals surface area contributed by atoms with E-state index in [0.29, 0.717) is 25.3 Å². The van der Waals surface area contributed by atoms with E-state index in [9.17, 15) is 8.42 Å². The Balaban J connectivity index is 2.01. The van der Waals surface area contributed by atoms with Crippen LogP contribution in [-0.2, 0) is 14.8 Å². The summed E-state index contributed by atoms with van der Waals surface area (Å²) in [4.78, 5) is 0. The second-order valence-corrected chi connectivity index (χ2v) is 6.68. The fourth-order valence-electron chi connectivity index (χ4n) is 1.69. The molecular formula is C7H12BrNO3S. The minimum atomic E-state index is -3.05. The van der Waals surface area contributed by atoms with Crippen molar-refractivity contribution >= 4 is 26.0 Å². The van der Waals surface area contributed by atoms with Gasteiger partial charge < -0.3 is 4.74 Å². The molecule has 13 heavy (non-hydrogen) atoms. The highest BCUT2D eigenvalue weighted by atomic mass is 79.9. The standard InChI is InChI=1S/C7H12BrNO3S/c8-5-13(10,11)9-3-1-6-7(12-6)2-4-9/h6-7H,1-5H2/t6-,7-/m1/s1. The average molecular weight is 270 g/mol. The van der Waals surface area contributed by atoms with Crippen molar-refractivity contribution in [3.8, 4) is 0 Å². The molecule has 2 saturated heterocycles. The molecule has 2 fully saturated rings. The number of halogens is 1. The van der Waals surface area contributed by atoms with E-state index in [2.05, 4.69) is 15.9 Å². The van der Waals surface area contributed by atoms with Crippen LogP contribution in [0.15, 0.2) is 0 Å². The van der Waals surface area contributed by atoms with E-state index in [1.54, 1.807) is 4.31 Å². The Bertz CT molecular complexity index is 280. The predicted molar refractivity (Wildman–Crippen MR) is 52.2 cm³/mol. The van der Waals surface area contributed by atoms with Crippen LogP contribution in [0.2, 0.25) is 0 Å². The molecule has 0 N–H and O–H groups in total. The lowest BCUT2D eigenvalue weighted by Gasteiger charge is -2.18. The van der Waals surface area contributed by atoms with E-state index in [0.717, 1.165) is 12.8 Å². The number of nitrogens with zero attached hydrogens (tertiary/aromatic N) is 1. The summed E-state index contributed by atoms with van der Waals surface area (Å²) in [5.41, 5.74) is 0. The summed E-state index contributed by atoms with van der Waals surface area (Å²) in [5, 5.41) is 0. The Morgan fingerprint density at radius 1 is 1.31 bits per heavy atom. The van der Waals surface area contributed by atoms with Gasteiger partial charge in [0.2, 0.25) is 10.0 Å². The van der Waals surface area contributed by atoms with Gasteiger partial charge in [-0.05, 0) is 12.8 Å². The first-order valence-corrected chi connectivity index (χ1v) is 7.06. The quantitative estimate of drug-likeness (QED) is 0.543. The van der Waals surface area contributed by atoms with Crippen LogP contribution in [-0.4, -0.2) is 42.7 Å². The van der Waals surface area contributed by atoms with Crippen LogP contribution in [0, 0.1) is 0 Å². The van der Waals surface area contributed by atoms with Gasteiger partial charge in [0.25, 0.3) is 0 Å². The maximum Gasteiger partial charge on any atom is 0.224 e. The number of fused-ring (bicyclic) bond motifs is 1. The molecule has 0 unspecified atom stereocenters. The van der Waals surface area contributed by atoms with Gasteiger partial charge in [0.1, 0.15) is 4.66 Å². The summed E-state index contributed by atoms with van der Waals surface area (Å²) in [5.74, 6) is 0. The van der Waals surface area contributed by atoms with E-state index >= 15 is 0 Å². The van der Waals surface area contributed by atoms with Crippen molar-refractivity contribution in [1.82, 2.24) is 4.31 Å². The van der Waals surface area contributed by atoms with E-state index in [4.69, 9.17) is 4.74 Å². The molecule has 2 aliphatic rings. The number of hydrogen-bond acceptors (Lipinski definition) is 3. The summed E-state index contributed by atoms with van der Waals surface area (Å²) >= 11 is 3.00. The minimum Gasteiger partial charge on any atom is -0.369 e. The first-order chi connectivity index (χ1) is 6.13. The molecule has 0 aromatic heterocycles. The fraction of sp³-hybridized carbons (Fsp3) is 1.00. The Morgan fingerprint density at radius 2 is 1.85 bits per heavy atom. The Kier molecular flexibility index (Phi) is 2.65. The van der Waals surface area contributed by atoms with Gasteiger partial charge in [-0.3, -0.25) is 0 Å². The average Bonchev–Trinajstić information content (AvgIpc) is 2.80. The van der Waals surface area contributed by atoms with Gasteiger partial charge in [-0.15, -0.1) is 0 Å². The van der Waals surface area contributed by atoms with Crippen molar-refractivity contribution < 1.29 is 13.2 Å². The SMILES string of the molecule is O=S(=O)(CBr)N1CC[C@H]2O[C@@H]2CC1. The van der Waals surface area contributed by atoms with Crippen LogP contribution in [0.4, 0.5) is 0 Å². The van der Waals surface area contributed by atoms with Crippen molar-refractivity contribution in [2.24, 2.45) is 0 Å². The van der Waals surface area contributed by atoms with E-state index in [1.807, 2.05) is 0 Å². The highest BCUT2D eigenvalue weighted by molar-refractivity contribution is 9.10. The van der Waals surface area contributed by atoms with Crippen LogP contribution in [0.5, 0.6) is 0 Å². The van der Waals surface area contributed by atoms with Crippen LogP contribution < -0.4 is 0 Å². The second-order valence-electron chi connectivity index (χ2n) is 3.41.